The monoisotopic (exact) mass is 238 g/mol. The first-order valence-electron chi connectivity index (χ1n) is 5.53. The van der Waals surface area contributed by atoms with E-state index in [-0.39, 0.29) is 0 Å². The van der Waals surface area contributed by atoms with E-state index in [0.717, 1.165) is 25.1 Å². The Morgan fingerprint density at radius 2 is 2.12 bits per heavy atom. The summed E-state index contributed by atoms with van der Waals surface area (Å²) in [5.74, 6) is 0. The van der Waals surface area contributed by atoms with Gasteiger partial charge >= 0.3 is 0 Å². The van der Waals surface area contributed by atoms with Crippen LogP contribution < -0.4 is 0 Å². The first-order valence-corrected chi connectivity index (χ1v) is 6.60. The van der Waals surface area contributed by atoms with E-state index in [4.69, 9.17) is 0 Å². The topological polar surface area (TPSA) is 43.4 Å². The summed E-state index contributed by atoms with van der Waals surface area (Å²) in [4.78, 5) is 2.75. The molecule has 88 valence electrons. The fourth-order valence-electron chi connectivity index (χ4n) is 2.10. The lowest BCUT2D eigenvalue weighted by molar-refractivity contribution is 0.203. The van der Waals surface area contributed by atoms with Crippen molar-refractivity contribution in [3.05, 3.63) is 29.3 Å². The molecule has 0 aliphatic carbocycles. The van der Waals surface area contributed by atoms with E-state index in [1.165, 1.54) is 5.56 Å². The van der Waals surface area contributed by atoms with Crippen LogP contribution in [0.15, 0.2) is 23.1 Å². The van der Waals surface area contributed by atoms with E-state index in [1.807, 2.05) is 6.07 Å². The number of hydrogen-bond acceptors (Lipinski definition) is 3. The van der Waals surface area contributed by atoms with Crippen molar-refractivity contribution < 1.29 is 8.76 Å². The standard InChI is InChI=1S/C12H17NO2S/c1-9(2)13-6-5-10-3-4-12(16(14)15)7-11(10)8-13/h3-4,7,9H,5-6,8H2,1-2H3,(H,14,15)/p-1. The van der Waals surface area contributed by atoms with Crippen LogP contribution in [-0.4, -0.2) is 26.2 Å². The largest absolute Gasteiger partial charge is 0.768 e. The smallest absolute Gasteiger partial charge is 0.0252 e. The molecule has 0 fully saturated rings. The SMILES string of the molecule is CC(C)N1CCc2ccc(S(=O)[O-])cc2C1. The Morgan fingerprint density at radius 1 is 1.38 bits per heavy atom. The molecule has 0 amide bonds. The van der Waals surface area contributed by atoms with Gasteiger partial charge in [0.05, 0.1) is 0 Å². The highest BCUT2D eigenvalue weighted by Crippen LogP contribution is 2.22. The molecule has 0 N–H and O–H groups in total. The molecule has 0 saturated heterocycles. The van der Waals surface area contributed by atoms with Crippen molar-refractivity contribution in [3.63, 3.8) is 0 Å². The molecule has 16 heavy (non-hydrogen) atoms. The molecule has 1 aliphatic rings. The van der Waals surface area contributed by atoms with Crippen LogP contribution in [0.2, 0.25) is 0 Å². The maximum absolute atomic E-state index is 10.9. The second-order valence-corrected chi connectivity index (χ2v) is 5.42. The lowest BCUT2D eigenvalue weighted by Crippen LogP contribution is -2.35. The van der Waals surface area contributed by atoms with Gasteiger partial charge in [-0.05, 0) is 54.6 Å². The van der Waals surface area contributed by atoms with Gasteiger partial charge in [-0.1, -0.05) is 6.07 Å². The summed E-state index contributed by atoms with van der Waals surface area (Å²) < 4.78 is 21.8. The highest BCUT2D eigenvalue weighted by Gasteiger charge is 2.18. The highest BCUT2D eigenvalue weighted by molar-refractivity contribution is 7.79. The minimum atomic E-state index is -2.12. The van der Waals surface area contributed by atoms with E-state index in [9.17, 15) is 8.76 Å². The zero-order valence-corrected chi connectivity index (χ0v) is 10.4. The van der Waals surface area contributed by atoms with Gasteiger partial charge in [-0.25, -0.2) is 0 Å². The summed E-state index contributed by atoms with van der Waals surface area (Å²) in [5, 5.41) is 0. The Morgan fingerprint density at radius 3 is 2.75 bits per heavy atom. The van der Waals surface area contributed by atoms with Crippen molar-refractivity contribution in [2.45, 2.75) is 37.8 Å². The van der Waals surface area contributed by atoms with Crippen LogP contribution in [0.4, 0.5) is 0 Å². The van der Waals surface area contributed by atoms with Gasteiger partial charge in [-0.3, -0.25) is 9.11 Å². The lowest BCUT2D eigenvalue weighted by atomic mass is 9.99. The summed E-state index contributed by atoms with van der Waals surface area (Å²) in [7, 11) is 0. The van der Waals surface area contributed by atoms with E-state index in [1.54, 1.807) is 12.1 Å². The third-order valence-corrected chi connectivity index (χ3v) is 3.78. The average Bonchev–Trinajstić information content (AvgIpc) is 2.27. The summed E-state index contributed by atoms with van der Waals surface area (Å²) in [5.41, 5.74) is 2.44. The molecule has 0 radical (unpaired) electrons. The van der Waals surface area contributed by atoms with E-state index in [0.29, 0.717) is 10.9 Å². The van der Waals surface area contributed by atoms with Crippen LogP contribution in [0, 0.1) is 0 Å². The Hall–Kier alpha value is -0.710. The van der Waals surface area contributed by atoms with Gasteiger partial charge < -0.3 is 4.55 Å². The number of nitrogens with zero attached hydrogens (tertiary/aromatic N) is 1. The summed E-state index contributed by atoms with van der Waals surface area (Å²) in [6, 6.07) is 5.94. The Balaban J connectivity index is 2.28. The molecule has 3 nitrogen and oxygen atoms in total. The Bertz CT molecular complexity index is 417. The quantitative estimate of drug-likeness (QED) is 0.736. The number of hydrogen-bond donors (Lipinski definition) is 0. The maximum atomic E-state index is 10.9. The van der Waals surface area contributed by atoms with Gasteiger partial charge in [0.15, 0.2) is 0 Å². The van der Waals surface area contributed by atoms with Crippen molar-refractivity contribution in [2.24, 2.45) is 0 Å². The first-order chi connectivity index (χ1) is 7.58. The minimum Gasteiger partial charge on any atom is -0.768 e. The Labute approximate surface area is 98.8 Å². The van der Waals surface area contributed by atoms with E-state index < -0.39 is 11.1 Å². The zero-order chi connectivity index (χ0) is 11.7. The normalized spacial score (nSPS) is 18.5. The molecule has 1 aromatic rings. The molecule has 4 heteroatoms. The third-order valence-electron chi connectivity index (χ3n) is 3.14. The molecule has 1 aromatic carbocycles. The van der Waals surface area contributed by atoms with Gasteiger partial charge in [0.25, 0.3) is 0 Å². The van der Waals surface area contributed by atoms with Crippen LogP contribution in [0.3, 0.4) is 0 Å². The summed E-state index contributed by atoms with van der Waals surface area (Å²) in [6.45, 7) is 6.25. The zero-order valence-electron chi connectivity index (χ0n) is 9.60. The predicted molar refractivity (Wildman–Crippen MR) is 62.9 cm³/mol. The van der Waals surface area contributed by atoms with Gasteiger partial charge in [-0.2, -0.15) is 0 Å². The average molecular weight is 238 g/mol. The highest BCUT2D eigenvalue weighted by atomic mass is 32.2. The predicted octanol–water partition coefficient (Wildman–Crippen LogP) is 1.69. The first kappa shape index (κ1) is 11.8. The van der Waals surface area contributed by atoms with Crippen LogP contribution in [0.5, 0.6) is 0 Å². The lowest BCUT2D eigenvalue weighted by Gasteiger charge is -2.32. The molecule has 1 atom stereocenters. The molecule has 1 unspecified atom stereocenters. The Kier molecular flexibility index (Phi) is 3.42. The van der Waals surface area contributed by atoms with Gasteiger partial charge in [0.1, 0.15) is 0 Å². The van der Waals surface area contributed by atoms with Crippen LogP contribution in [0.25, 0.3) is 0 Å². The fourth-order valence-corrected chi connectivity index (χ4v) is 2.52. The molecule has 1 aliphatic heterocycles. The van der Waals surface area contributed by atoms with Gasteiger partial charge in [0, 0.05) is 24.0 Å². The van der Waals surface area contributed by atoms with Crippen LogP contribution >= 0.6 is 0 Å². The van der Waals surface area contributed by atoms with E-state index >= 15 is 0 Å². The number of benzene rings is 1. The molecule has 0 aromatic heterocycles. The molecule has 2 rings (SSSR count). The van der Waals surface area contributed by atoms with Crippen molar-refractivity contribution >= 4 is 11.1 Å². The molecule has 0 saturated carbocycles. The van der Waals surface area contributed by atoms with Gasteiger partial charge in [-0.15, -0.1) is 0 Å². The molecular formula is C12H16NO2S-. The van der Waals surface area contributed by atoms with Crippen molar-refractivity contribution in [2.75, 3.05) is 6.54 Å². The second-order valence-electron chi connectivity index (χ2n) is 4.48. The second kappa shape index (κ2) is 4.65. The minimum absolute atomic E-state index is 0.393. The van der Waals surface area contributed by atoms with Crippen molar-refractivity contribution in [1.82, 2.24) is 4.90 Å². The molecule has 0 spiro atoms. The summed E-state index contributed by atoms with van der Waals surface area (Å²) >= 11 is -2.12. The van der Waals surface area contributed by atoms with Crippen molar-refractivity contribution in [3.8, 4) is 0 Å². The van der Waals surface area contributed by atoms with E-state index in [2.05, 4.69) is 18.7 Å². The van der Waals surface area contributed by atoms with Crippen molar-refractivity contribution in [1.29, 1.82) is 0 Å². The van der Waals surface area contributed by atoms with Gasteiger partial charge in [0.2, 0.25) is 0 Å². The summed E-state index contributed by atoms with van der Waals surface area (Å²) in [6.07, 6.45) is 1.01. The number of rotatable bonds is 2. The van der Waals surface area contributed by atoms with Crippen LogP contribution in [-0.2, 0) is 24.0 Å². The van der Waals surface area contributed by atoms with Crippen LogP contribution in [0.1, 0.15) is 25.0 Å². The molecular weight excluding hydrogens is 222 g/mol. The third kappa shape index (κ3) is 2.34. The maximum Gasteiger partial charge on any atom is 0.0252 e. The molecule has 1 heterocycles. The number of fused-ring (bicyclic) bond motifs is 1. The fraction of sp³-hybridized carbons (Fsp3) is 0.500. The molecule has 0 bridgehead atoms.